The Morgan fingerprint density at radius 1 is 1.09 bits per heavy atom. The quantitative estimate of drug-likeness (QED) is 0.171. The van der Waals surface area contributed by atoms with Gasteiger partial charge >= 0.3 is 29.6 Å². The summed E-state index contributed by atoms with van der Waals surface area (Å²) in [5.41, 5.74) is 12.5. The molecule has 1 aliphatic heterocycles. The van der Waals surface area contributed by atoms with Crippen LogP contribution >= 0.6 is 0 Å². The van der Waals surface area contributed by atoms with Gasteiger partial charge in [0, 0.05) is 5.57 Å². The molecule has 0 bridgehead atoms. The number of nitrogens with zero attached hydrogens (tertiary/aromatic N) is 1. The minimum atomic E-state index is -5.03. The molecule has 1 aliphatic rings. The van der Waals surface area contributed by atoms with Crippen molar-refractivity contribution in [1.82, 2.24) is 0 Å². The van der Waals surface area contributed by atoms with Crippen molar-refractivity contribution in [3.05, 3.63) is 70.8 Å². The maximum absolute atomic E-state index is 13.1. The smallest absolute Gasteiger partial charge is 0.743 e. The van der Waals surface area contributed by atoms with E-state index in [1.165, 1.54) is 17.9 Å². The molecule has 10 heteroatoms. The van der Waals surface area contributed by atoms with Crippen molar-refractivity contribution in [2.24, 2.45) is 11.5 Å². The second-order valence-electron chi connectivity index (χ2n) is 7.71. The van der Waals surface area contributed by atoms with Crippen LogP contribution in [0, 0.1) is 0 Å². The average molecular weight is 494 g/mol. The molecule has 0 aromatic heterocycles. The maximum atomic E-state index is 13.1. The third-order valence-electron chi connectivity index (χ3n) is 5.46. The summed E-state index contributed by atoms with van der Waals surface area (Å²) < 4.78 is 43.8. The van der Waals surface area contributed by atoms with Gasteiger partial charge in [-0.05, 0) is 63.1 Å². The molecule has 1 atom stereocenters. The van der Waals surface area contributed by atoms with Crippen molar-refractivity contribution in [3.63, 3.8) is 0 Å². The van der Waals surface area contributed by atoms with Gasteiger partial charge in [0.15, 0.2) is 17.3 Å². The van der Waals surface area contributed by atoms with Gasteiger partial charge in [0.25, 0.3) is 0 Å². The molecule has 34 heavy (non-hydrogen) atoms. The number of nitrogens with two attached hydrogens (primary N) is 2. The molecule has 0 amide bonds. The minimum Gasteiger partial charge on any atom is -0.743 e. The molecular weight excluding hydrogens is 465 g/mol. The summed E-state index contributed by atoms with van der Waals surface area (Å²) in [5.74, 6) is 0.344. The first-order valence-corrected chi connectivity index (χ1v) is 12.1. The molecule has 176 valence electrons. The van der Waals surface area contributed by atoms with Crippen molar-refractivity contribution in [2.45, 2.75) is 39.2 Å². The zero-order chi connectivity index (χ0) is 24.2. The third kappa shape index (κ3) is 5.98. The monoisotopic (exact) mass is 493 g/mol. The van der Waals surface area contributed by atoms with E-state index in [0.29, 0.717) is 42.3 Å². The number of anilines is 2. The summed E-state index contributed by atoms with van der Waals surface area (Å²) in [6.45, 7) is 3.55. The predicted octanol–water partition coefficient (Wildman–Crippen LogP) is 0.683. The van der Waals surface area contributed by atoms with Crippen LogP contribution in [0.15, 0.2) is 70.8 Å². The Labute approximate surface area is 222 Å². The van der Waals surface area contributed by atoms with Gasteiger partial charge in [-0.25, -0.2) is 8.42 Å². The number of ketones is 1. The van der Waals surface area contributed by atoms with E-state index >= 15 is 0 Å². The standard InChI is InChI=1S/C24H29N3O5S.Na/c1-3-17(23(28)18(26)10-8-9-15-25)16(2)24(33(29,30)31)27-19-11-4-6-13-21(19)32-22-14-7-5-12-20(22)27;/h3-7,11-14,18H,8-10,15,25-26H2,1-2H3,(H,29,30,31);/q;+1/p-1/t18-;/m0./s1. The van der Waals surface area contributed by atoms with E-state index in [9.17, 15) is 17.8 Å². The number of hydrogen-bond donors (Lipinski definition) is 2. The van der Waals surface area contributed by atoms with E-state index in [4.69, 9.17) is 16.2 Å². The fourth-order valence-corrected chi connectivity index (χ4v) is 4.79. The molecule has 0 aliphatic carbocycles. The van der Waals surface area contributed by atoms with Crippen LogP contribution in [0.1, 0.15) is 33.1 Å². The zero-order valence-corrected chi connectivity index (χ0v) is 22.5. The summed E-state index contributed by atoms with van der Waals surface area (Å²) in [5, 5.41) is -0.540. The van der Waals surface area contributed by atoms with Crippen molar-refractivity contribution < 1.29 is 52.1 Å². The van der Waals surface area contributed by atoms with Crippen molar-refractivity contribution >= 4 is 27.3 Å². The number of unbranched alkanes of at least 4 members (excludes halogenated alkanes) is 1. The first-order chi connectivity index (χ1) is 15.7. The SMILES string of the molecule is CC=C(C(=O)[C@@H](N)CCCCN)C(C)=C(N1c2ccccc2Oc2ccccc21)S(=O)(=O)[O-].[Na+]. The summed E-state index contributed by atoms with van der Waals surface area (Å²) >= 11 is 0. The van der Waals surface area contributed by atoms with Crippen LogP contribution in [0.3, 0.4) is 0 Å². The molecule has 4 N–H and O–H groups in total. The maximum Gasteiger partial charge on any atom is 1.00 e. The van der Waals surface area contributed by atoms with E-state index < -0.39 is 27.0 Å². The van der Waals surface area contributed by atoms with Gasteiger partial charge in [-0.1, -0.05) is 36.8 Å². The molecule has 0 unspecified atom stereocenters. The summed E-state index contributed by atoms with van der Waals surface area (Å²) in [4.78, 5) is 14.5. The first kappa shape index (κ1) is 28.3. The van der Waals surface area contributed by atoms with Crippen LogP contribution in [0.4, 0.5) is 11.4 Å². The van der Waals surface area contributed by atoms with Crippen molar-refractivity contribution in [1.29, 1.82) is 0 Å². The second kappa shape index (κ2) is 12.1. The van der Waals surface area contributed by atoms with Gasteiger partial charge in [-0.2, -0.15) is 0 Å². The largest absolute Gasteiger partial charge is 1.00 e. The Kier molecular flexibility index (Phi) is 10.1. The third-order valence-corrected chi connectivity index (χ3v) is 6.42. The number of para-hydroxylation sites is 4. The number of fused-ring (bicyclic) bond motifs is 2. The van der Waals surface area contributed by atoms with E-state index in [0.717, 1.165) is 6.42 Å². The fourth-order valence-electron chi connectivity index (χ4n) is 3.89. The van der Waals surface area contributed by atoms with Crippen LogP contribution in [0.25, 0.3) is 0 Å². The van der Waals surface area contributed by atoms with Gasteiger partial charge in [0.05, 0.1) is 17.4 Å². The summed E-state index contributed by atoms with van der Waals surface area (Å²) in [6, 6.07) is 12.7. The topological polar surface area (TPSA) is 139 Å². The van der Waals surface area contributed by atoms with Gasteiger partial charge < -0.3 is 20.8 Å². The summed E-state index contributed by atoms with van der Waals surface area (Å²) in [6.07, 6.45) is 3.29. The number of carbonyl (C=O) groups is 1. The Balaban J connectivity index is 0.00000408. The molecule has 3 rings (SSSR count). The molecule has 1 heterocycles. The van der Waals surface area contributed by atoms with Crippen molar-refractivity contribution in [3.8, 4) is 11.5 Å². The normalized spacial score (nSPS) is 14.7. The van der Waals surface area contributed by atoms with E-state index in [2.05, 4.69) is 0 Å². The zero-order valence-electron chi connectivity index (χ0n) is 19.7. The Morgan fingerprint density at radius 3 is 2.09 bits per heavy atom. The van der Waals surface area contributed by atoms with E-state index in [-0.39, 0.29) is 40.7 Å². The molecule has 0 fully saturated rings. The van der Waals surface area contributed by atoms with E-state index in [1.807, 2.05) is 0 Å². The van der Waals surface area contributed by atoms with E-state index in [1.54, 1.807) is 55.5 Å². The second-order valence-corrected chi connectivity index (χ2v) is 9.01. The fraction of sp³-hybridized carbons (Fsp3) is 0.292. The average Bonchev–Trinajstić information content (AvgIpc) is 2.78. The minimum absolute atomic E-state index is 0. The van der Waals surface area contributed by atoms with Crippen LogP contribution in [0.2, 0.25) is 0 Å². The summed E-state index contributed by atoms with van der Waals surface area (Å²) in [7, 11) is -5.03. The number of benzene rings is 2. The molecule has 0 saturated heterocycles. The van der Waals surface area contributed by atoms with Gasteiger partial charge in [-0.3, -0.25) is 9.69 Å². The van der Waals surface area contributed by atoms with Crippen LogP contribution in [-0.2, 0) is 14.9 Å². The molecule has 0 spiro atoms. The van der Waals surface area contributed by atoms with Crippen LogP contribution < -0.4 is 50.7 Å². The van der Waals surface area contributed by atoms with Crippen LogP contribution in [-0.4, -0.2) is 31.3 Å². The molecule has 0 radical (unpaired) electrons. The number of hydrogen-bond acceptors (Lipinski definition) is 8. The Morgan fingerprint density at radius 2 is 1.62 bits per heavy atom. The number of rotatable bonds is 9. The Hall–Kier alpha value is -1.98. The van der Waals surface area contributed by atoms with Crippen LogP contribution in [0.5, 0.6) is 11.5 Å². The van der Waals surface area contributed by atoms with Gasteiger partial charge in [0.1, 0.15) is 15.1 Å². The number of carbonyl (C=O) groups excluding carboxylic acids is 1. The molecular formula is C24H28N3NaO5S. The Bertz CT molecular complexity index is 1170. The number of ether oxygens (including phenoxy) is 1. The van der Waals surface area contributed by atoms with Gasteiger partial charge in [-0.15, -0.1) is 0 Å². The molecule has 0 saturated carbocycles. The first-order valence-electron chi connectivity index (χ1n) is 10.7. The molecule has 2 aromatic carbocycles. The molecule has 8 nitrogen and oxygen atoms in total. The van der Waals surface area contributed by atoms with Gasteiger partial charge in [0.2, 0.25) is 0 Å². The number of allylic oxidation sites excluding steroid dienone is 2. The predicted molar refractivity (Wildman–Crippen MR) is 127 cm³/mol. The molecule has 2 aromatic rings. The number of Topliss-reactive ketones (excluding diaryl/α,β-unsaturated/α-hetero) is 1. The van der Waals surface area contributed by atoms with Crippen molar-refractivity contribution in [2.75, 3.05) is 11.4 Å².